The molecular weight excluding hydrogens is 586 g/mol. The summed E-state index contributed by atoms with van der Waals surface area (Å²) in [5.74, 6) is 1.15. The van der Waals surface area contributed by atoms with Crippen LogP contribution in [0.15, 0.2) is 72.8 Å². The Balaban J connectivity index is 1.40. The Bertz CT molecular complexity index is 1450. The lowest BCUT2D eigenvalue weighted by Gasteiger charge is -2.48. The summed E-state index contributed by atoms with van der Waals surface area (Å²) in [5.41, 5.74) is 2.73. The highest BCUT2D eigenvalue weighted by molar-refractivity contribution is 5.90. The molecule has 2 aliphatic heterocycles. The Morgan fingerprint density at radius 1 is 1.00 bits per heavy atom. The molecule has 0 saturated carbocycles. The normalized spacial score (nSPS) is 20.8. The van der Waals surface area contributed by atoms with Crippen LogP contribution in [0, 0.1) is 0 Å². The molecule has 3 aromatic carbocycles. The Morgan fingerprint density at radius 3 is 2.50 bits per heavy atom. The van der Waals surface area contributed by atoms with Crippen molar-refractivity contribution in [3.63, 3.8) is 0 Å². The summed E-state index contributed by atoms with van der Waals surface area (Å²) < 4.78 is 29.0. The predicted octanol–water partition coefficient (Wildman–Crippen LogP) is 5.15. The number of rotatable bonds is 12. The van der Waals surface area contributed by atoms with Gasteiger partial charge in [-0.15, -0.1) is 0 Å². The molecule has 1 fully saturated rings. The molecule has 2 amide bonds. The van der Waals surface area contributed by atoms with E-state index in [4.69, 9.17) is 23.7 Å². The van der Waals surface area contributed by atoms with Crippen LogP contribution in [0.5, 0.6) is 11.5 Å². The molecule has 0 radical (unpaired) electrons. The zero-order valence-corrected chi connectivity index (χ0v) is 27.2. The molecule has 0 spiro atoms. The number of nitrogens with one attached hydrogen (secondary N) is 1. The van der Waals surface area contributed by atoms with Gasteiger partial charge in [0.2, 0.25) is 5.91 Å². The van der Waals surface area contributed by atoms with Crippen molar-refractivity contribution in [2.24, 2.45) is 0 Å². The van der Waals surface area contributed by atoms with Gasteiger partial charge in [0.25, 0.3) is 0 Å². The number of piperidine rings is 1. The number of benzene rings is 3. The topological polar surface area (TPSA) is 98.8 Å². The summed E-state index contributed by atoms with van der Waals surface area (Å²) in [6.07, 6.45) is 0.285. The fourth-order valence-corrected chi connectivity index (χ4v) is 6.33. The molecule has 10 nitrogen and oxygen atoms in total. The van der Waals surface area contributed by atoms with Gasteiger partial charge in [0, 0.05) is 33.2 Å². The highest BCUT2D eigenvalue weighted by atomic mass is 16.6. The van der Waals surface area contributed by atoms with Crippen LogP contribution >= 0.6 is 0 Å². The number of likely N-dealkylation sites (N-methyl/N-ethyl adjacent to an activating group) is 1. The van der Waals surface area contributed by atoms with E-state index in [2.05, 4.69) is 16.3 Å². The highest BCUT2D eigenvalue weighted by Crippen LogP contribution is 2.41. The summed E-state index contributed by atoms with van der Waals surface area (Å²) in [7, 11) is 4.93. The third kappa shape index (κ3) is 7.57. The third-order valence-electron chi connectivity index (χ3n) is 8.93. The molecule has 0 bridgehead atoms. The first kappa shape index (κ1) is 33.1. The molecule has 0 unspecified atom stereocenters. The van der Waals surface area contributed by atoms with Crippen LogP contribution in [0.3, 0.4) is 0 Å². The summed E-state index contributed by atoms with van der Waals surface area (Å²) in [4.78, 5) is 31.0. The van der Waals surface area contributed by atoms with Crippen LogP contribution in [0.4, 0.5) is 10.5 Å². The van der Waals surface area contributed by atoms with Crippen LogP contribution < -0.4 is 19.7 Å². The van der Waals surface area contributed by atoms with Gasteiger partial charge in [-0.3, -0.25) is 9.69 Å². The summed E-state index contributed by atoms with van der Waals surface area (Å²) >= 11 is 0. The first-order valence-electron chi connectivity index (χ1n) is 15.8. The molecule has 5 rings (SSSR count). The molecule has 3 aromatic rings. The zero-order chi connectivity index (χ0) is 32.5. The van der Waals surface area contributed by atoms with E-state index in [9.17, 15) is 9.59 Å². The molecule has 0 aliphatic carbocycles. The monoisotopic (exact) mass is 631 g/mol. The number of anilines is 1. The smallest absolute Gasteiger partial charge is 0.411 e. The quantitative estimate of drug-likeness (QED) is 0.274. The predicted molar refractivity (Wildman–Crippen MR) is 175 cm³/mol. The van der Waals surface area contributed by atoms with E-state index >= 15 is 0 Å². The van der Waals surface area contributed by atoms with Crippen LogP contribution in [-0.2, 0) is 32.2 Å². The van der Waals surface area contributed by atoms with Gasteiger partial charge >= 0.3 is 6.09 Å². The average Bonchev–Trinajstić information content (AvgIpc) is 3.10. The summed E-state index contributed by atoms with van der Waals surface area (Å²) in [6, 6.07) is 23.5. The second-order valence-corrected chi connectivity index (χ2v) is 11.9. The Labute approximate surface area is 271 Å². The van der Waals surface area contributed by atoms with E-state index in [1.807, 2.05) is 66.7 Å². The maximum absolute atomic E-state index is 13.7. The van der Waals surface area contributed by atoms with Crippen molar-refractivity contribution in [1.82, 2.24) is 10.2 Å². The van der Waals surface area contributed by atoms with E-state index in [-0.39, 0.29) is 25.0 Å². The maximum atomic E-state index is 13.7. The molecule has 1 N–H and O–H groups in total. The van der Waals surface area contributed by atoms with Gasteiger partial charge in [0.05, 0.1) is 38.6 Å². The minimum absolute atomic E-state index is 0.103. The molecule has 2 heterocycles. The van der Waals surface area contributed by atoms with E-state index in [0.29, 0.717) is 26.2 Å². The van der Waals surface area contributed by atoms with Crippen molar-refractivity contribution < 1.29 is 33.3 Å². The lowest BCUT2D eigenvalue weighted by Crippen LogP contribution is -2.65. The van der Waals surface area contributed by atoms with Crippen LogP contribution in [0.2, 0.25) is 0 Å². The second kappa shape index (κ2) is 15.3. The van der Waals surface area contributed by atoms with Crippen molar-refractivity contribution in [2.75, 3.05) is 59.0 Å². The third-order valence-corrected chi connectivity index (χ3v) is 8.93. The Kier molecular flexibility index (Phi) is 11.0. The minimum atomic E-state index is -1.17. The Hall–Kier alpha value is -4.28. The molecular formula is C36H45N3O7. The largest absolute Gasteiger partial charge is 0.497 e. The van der Waals surface area contributed by atoms with Crippen molar-refractivity contribution in [3.05, 3.63) is 89.5 Å². The van der Waals surface area contributed by atoms with Crippen molar-refractivity contribution in [1.29, 1.82) is 0 Å². The van der Waals surface area contributed by atoms with Gasteiger partial charge in [0.1, 0.15) is 30.3 Å². The van der Waals surface area contributed by atoms with E-state index in [1.165, 1.54) is 4.90 Å². The summed E-state index contributed by atoms with van der Waals surface area (Å²) in [6.45, 7) is 5.40. The van der Waals surface area contributed by atoms with Gasteiger partial charge < -0.3 is 33.9 Å². The number of nitrogens with zero attached hydrogens (tertiary/aromatic N) is 2. The van der Waals surface area contributed by atoms with E-state index < -0.39 is 17.7 Å². The number of hydrogen-bond acceptors (Lipinski definition) is 8. The number of ether oxygens (including phenoxy) is 5. The van der Waals surface area contributed by atoms with Gasteiger partial charge in [-0.05, 0) is 60.7 Å². The number of likely N-dealkylation sites (tertiary alicyclic amines) is 1. The molecule has 0 aromatic heterocycles. The van der Waals surface area contributed by atoms with E-state index in [1.54, 1.807) is 28.2 Å². The first-order valence-corrected chi connectivity index (χ1v) is 15.8. The standard InChI is InChI=1S/C36H45N3O7/c1-36(34(40)37-2)22-30(28-12-14-29(43-4)15-13-28)33(23-39(36)35(41)46-24-26-9-6-5-7-10-26)45-25-27-11-16-32-31(21-27)38(18-20-44-32)17-8-19-42-3/h5-7,9-16,21,30,33H,8,17-20,22-25H2,1-4H3,(H,37,40)/t30-,33+,36+/m1/s1. The number of methoxy groups -OCH3 is 2. The highest BCUT2D eigenvalue weighted by Gasteiger charge is 2.51. The van der Waals surface area contributed by atoms with Crippen LogP contribution in [0.25, 0.3) is 0 Å². The maximum Gasteiger partial charge on any atom is 0.411 e. The zero-order valence-electron chi connectivity index (χ0n) is 27.2. The number of hydrogen-bond donors (Lipinski definition) is 1. The molecule has 3 atom stereocenters. The summed E-state index contributed by atoms with van der Waals surface area (Å²) in [5, 5.41) is 2.77. The second-order valence-electron chi connectivity index (χ2n) is 11.9. The molecule has 1 saturated heterocycles. The molecule has 46 heavy (non-hydrogen) atoms. The van der Waals surface area contributed by atoms with Crippen molar-refractivity contribution in [2.45, 2.75) is 50.5 Å². The molecule has 2 aliphatic rings. The Morgan fingerprint density at radius 2 is 1.78 bits per heavy atom. The number of amides is 2. The number of carbonyl (C=O) groups excluding carboxylic acids is 2. The SMILES string of the molecule is CNC(=O)[C@]1(C)C[C@H](c2ccc(OC)cc2)[C@@H](OCc2ccc3c(c2)N(CCCOC)CCO3)CN1C(=O)OCc1ccccc1. The fraction of sp³-hybridized carbons (Fsp3) is 0.444. The fourth-order valence-electron chi connectivity index (χ4n) is 6.33. The lowest BCUT2D eigenvalue weighted by atomic mass is 9.76. The van der Waals surface area contributed by atoms with E-state index in [0.717, 1.165) is 53.4 Å². The van der Waals surface area contributed by atoms with Gasteiger partial charge in [0.15, 0.2) is 0 Å². The van der Waals surface area contributed by atoms with Crippen molar-refractivity contribution >= 4 is 17.7 Å². The first-order chi connectivity index (χ1) is 22.4. The molecule has 246 valence electrons. The van der Waals surface area contributed by atoms with Crippen LogP contribution in [-0.4, -0.2) is 82.7 Å². The van der Waals surface area contributed by atoms with Crippen molar-refractivity contribution in [3.8, 4) is 11.5 Å². The van der Waals surface area contributed by atoms with Crippen LogP contribution in [0.1, 0.15) is 42.4 Å². The van der Waals surface area contributed by atoms with Gasteiger partial charge in [-0.2, -0.15) is 0 Å². The van der Waals surface area contributed by atoms with Gasteiger partial charge in [-0.1, -0.05) is 48.5 Å². The average molecular weight is 632 g/mol. The lowest BCUT2D eigenvalue weighted by molar-refractivity contribution is -0.139. The van der Waals surface area contributed by atoms with Gasteiger partial charge in [-0.25, -0.2) is 4.79 Å². The molecule has 10 heteroatoms. The number of fused-ring (bicyclic) bond motifs is 1. The number of carbonyl (C=O) groups is 2. The minimum Gasteiger partial charge on any atom is -0.497 e.